The third-order valence-corrected chi connectivity index (χ3v) is 2.44. The van der Waals surface area contributed by atoms with Gasteiger partial charge in [0.1, 0.15) is 5.76 Å². The lowest BCUT2D eigenvalue weighted by atomic mass is 10.3. The van der Waals surface area contributed by atoms with E-state index in [1.165, 1.54) is 19.1 Å². The number of hydrogen-bond acceptors (Lipinski definition) is 7. The van der Waals surface area contributed by atoms with Gasteiger partial charge in [0.25, 0.3) is 5.69 Å². The smallest absolute Gasteiger partial charge is 0.362 e. The number of nitro benzene ring substituents is 1. The Morgan fingerprint density at radius 1 is 1.52 bits per heavy atom. The summed E-state index contributed by atoms with van der Waals surface area (Å²) >= 11 is 5.67. The fourth-order valence-corrected chi connectivity index (χ4v) is 1.46. The topological polar surface area (TPSA) is 114 Å². The van der Waals surface area contributed by atoms with Gasteiger partial charge in [-0.25, -0.2) is 4.79 Å². The Hall–Kier alpha value is -2.48. The predicted octanol–water partition coefficient (Wildman–Crippen LogP) is 3.68. The number of rotatable bonds is 5. The van der Waals surface area contributed by atoms with Crippen LogP contribution < -0.4 is 0 Å². The number of halogens is 1. The number of aliphatic hydroxyl groups is 1. The molecule has 0 fully saturated rings. The molecule has 0 saturated heterocycles. The van der Waals surface area contributed by atoms with Crippen molar-refractivity contribution in [3.8, 4) is 0 Å². The zero-order chi connectivity index (χ0) is 16.0. The molecule has 1 rings (SSSR count). The molecule has 112 valence electrons. The van der Waals surface area contributed by atoms with Crippen molar-refractivity contribution in [3.05, 3.63) is 44.8 Å². The lowest BCUT2D eigenvalue weighted by Crippen LogP contribution is -2.07. The van der Waals surface area contributed by atoms with Crippen molar-refractivity contribution >= 4 is 28.9 Å². The quantitative estimate of drug-likeness (QED) is 0.222. The van der Waals surface area contributed by atoms with E-state index in [0.717, 1.165) is 6.07 Å². The van der Waals surface area contributed by atoms with E-state index >= 15 is 0 Å². The number of azo groups is 1. The molecule has 0 heterocycles. The van der Waals surface area contributed by atoms with Gasteiger partial charge in [0, 0.05) is 11.1 Å². The summed E-state index contributed by atoms with van der Waals surface area (Å²) in [7, 11) is 0. The summed E-state index contributed by atoms with van der Waals surface area (Å²) in [5.74, 6) is -1.29. The summed E-state index contributed by atoms with van der Waals surface area (Å²) in [6.45, 7) is 2.90. The number of hydrogen-bond donors (Lipinski definition) is 1. The van der Waals surface area contributed by atoms with Gasteiger partial charge < -0.3 is 9.84 Å². The van der Waals surface area contributed by atoms with Crippen molar-refractivity contribution in [2.24, 2.45) is 10.2 Å². The number of carbonyl (C=O) groups excluding carboxylic acids is 1. The van der Waals surface area contributed by atoms with Gasteiger partial charge in [-0.2, -0.15) is 0 Å². The van der Waals surface area contributed by atoms with Gasteiger partial charge in [-0.15, -0.1) is 10.2 Å². The van der Waals surface area contributed by atoms with Gasteiger partial charge in [0.15, 0.2) is 5.69 Å². The fourth-order valence-electron chi connectivity index (χ4n) is 1.29. The Kier molecular flexibility index (Phi) is 5.79. The Morgan fingerprint density at radius 2 is 2.19 bits per heavy atom. The van der Waals surface area contributed by atoms with Crippen LogP contribution in [0.1, 0.15) is 13.8 Å². The molecule has 1 N–H and O–H groups in total. The molecule has 1 aromatic rings. The van der Waals surface area contributed by atoms with E-state index in [-0.39, 0.29) is 23.0 Å². The van der Waals surface area contributed by atoms with Crippen LogP contribution in [0.15, 0.2) is 39.9 Å². The Balaban J connectivity index is 3.17. The van der Waals surface area contributed by atoms with Crippen molar-refractivity contribution in [1.29, 1.82) is 0 Å². The Labute approximate surface area is 124 Å². The minimum absolute atomic E-state index is 0.0895. The molecule has 0 radical (unpaired) electrons. The molecule has 0 saturated carbocycles. The summed E-state index contributed by atoms with van der Waals surface area (Å²) < 4.78 is 4.69. The maximum atomic E-state index is 11.5. The fraction of sp³-hybridized carbons (Fsp3) is 0.250. The van der Waals surface area contributed by atoms with Crippen molar-refractivity contribution in [3.63, 3.8) is 0 Å². The van der Waals surface area contributed by atoms with E-state index < -0.39 is 22.3 Å². The maximum absolute atomic E-state index is 11.5. The first-order chi connectivity index (χ1) is 9.86. The molecule has 21 heavy (non-hydrogen) atoms. The molecule has 9 heteroatoms. The SMILES string of the molecule is CCOC(=O)C(N=Nc1ccc(Cl)cc1[N+](=O)[O-])=C(C)O. The zero-order valence-corrected chi connectivity index (χ0v) is 12.0. The lowest BCUT2D eigenvalue weighted by molar-refractivity contribution is -0.384. The second kappa shape index (κ2) is 7.34. The normalized spacial score (nSPS) is 12.1. The molecule has 1 aromatic carbocycles. The van der Waals surface area contributed by atoms with Crippen LogP contribution >= 0.6 is 11.6 Å². The second-order valence-corrected chi connectivity index (χ2v) is 4.18. The Bertz CT molecular complexity index is 623. The van der Waals surface area contributed by atoms with Crippen LogP contribution in [-0.2, 0) is 9.53 Å². The number of nitrogens with zero attached hydrogens (tertiary/aromatic N) is 3. The van der Waals surface area contributed by atoms with E-state index in [2.05, 4.69) is 15.0 Å². The summed E-state index contributed by atoms with van der Waals surface area (Å²) in [4.78, 5) is 21.7. The average Bonchev–Trinajstić information content (AvgIpc) is 2.40. The van der Waals surface area contributed by atoms with Gasteiger partial charge in [-0.05, 0) is 26.0 Å². The third-order valence-electron chi connectivity index (χ3n) is 2.20. The van der Waals surface area contributed by atoms with E-state index in [4.69, 9.17) is 11.6 Å². The van der Waals surface area contributed by atoms with E-state index in [1.54, 1.807) is 6.92 Å². The van der Waals surface area contributed by atoms with E-state index in [9.17, 15) is 20.0 Å². The van der Waals surface area contributed by atoms with Crippen LogP contribution in [-0.4, -0.2) is 22.6 Å². The van der Waals surface area contributed by atoms with Crippen LogP contribution in [0, 0.1) is 10.1 Å². The monoisotopic (exact) mass is 313 g/mol. The van der Waals surface area contributed by atoms with Crippen LogP contribution in [0.5, 0.6) is 0 Å². The number of allylic oxidation sites excluding steroid dienone is 1. The highest BCUT2D eigenvalue weighted by molar-refractivity contribution is 6.30. The van der Waals surface area contributed by atoms with Crippen molar-refractivity contribution in [2.45, 2.75) is 13.8 Å². The molecule has 8 nitrogen and oxygen atoms in total. The number of aliphatic hydroxyl groups excluding tert-OH is 1. The highest BCUT2D eigenvalue weighted by Gasteiger charge is 2.17. The van der Waals surface area contributed by atoms with Crippen molar-refractivity contribution < 1.29 is 19.6 Å². The lowest BCUT2D eigenvalue weighted by Gasteiger charge is -2.02. The summed E-state index contributed by atoms with van der Waals surface area (Å²) in [6, 6.07) is 3.78. The van der Waals surface area contributed by atoms with Crippen LogP contribution in [0.3, 0.4) is 0 Å². The number of esters is 1. The minimum Gasteiger partial charge on any atom is -0.510 e. The summed E-state index contributed by atoms with van der Waals surface area (Å²) in [6.07, 6.45) is 0. The molecule has 0 aromatic heterocycles. The van der Waals surface area contributed by atoms with Crippen LogP contribution in [0.25, 0.3) is 0 Å². The summed E-state index contributed by atoms with van der Waals surface area (Å²) in [5, 5.41) is 27.5. The van der Waals surface area contributed by atoms with Crippen LogP contribution in [0.2, 0.25) is 5.02 Å². The number of carbonyl (C=O) groups is 1. The first kappa shape index (κ1) is 16.6. The van der Waals surface area contributed by atoms with Gasteiger partial charge in [-0.3, -0.25) is 10.1 Å². The number of ether oxygens (including phenoxy) is 1. The molecular formula is C12H12ClN3O5. The molecule has 0 unspecified atom stereocenters. The predicted molar refractivity (Wildman–Crippen MR) is 74.6 cm³/mol. The van der Waals surface area contributed by atoms with Crippen molar-refractivity contribution in [2.75, 3.05) is 6.61 Å². The number of benzene rings is 1. The van der Waals surface area contributed by atoms with Crippen LogP contribution in [0.4, 0.5) is 11.4 Å². The highest BCUT2D eigenvalue weighted by atomic mass is 35.5. The molecule has 0 atom stereocenters. The zero-order valence-electron chi connectivity index (χ0n) is 11.2. The standard InChI is InChI=1S/C12H12ClN3O5/c1-3-21-12(18)11(7(2)17)15-14-9-5-4-8(13)6-10(9)16(19)20/h4-6,17H,3H2,1-2H3. The number of nitro groups is 1. The van der Waals surface area contributed by atoms with Gasteiger partial charge in [0.05, 0.1) is 11.5 Å². The molecule has 0 bridgehead atoms. The van der Waals surface area contributed by atoms with Crippen molar-refractivity contribution in [1.82, 2.24) is 0 Å². The molecule has 0 aliphatic heterocycles. The molecule has 0 amide bonds. The third kappa shape index (κ3) is 4.53. The highest BCUT2D eigenvalue weighted by Crippen LogP contribution is 2.31. The molecule has 0 spiro atoms. The molecular weight excluding hydrogens is 302 g/mol. The summed E-state index contributed by atoms with van der Waals surface area (Å²) in [5.41, 5.74) is -0.904. The Morgan fingerprint density at radius 3 is 2.71 bits per heavy atom. The van der Waals surface area contributed by atoms with Gasteiger partial charge in [0.2, 0.25) is 5.70 Å². The first-order valence-electron chi connectivity index (χ1n) is 5.79. The molecule has 0 aliphatic carbocycles. The van der Waals surface area contributed by atoms with E-state index in [1.807, 2.05) is 0 Å². The van der Waals surface area contributed by atoms with E-state index in [0.29, 0.717) is 0 Å². The first-order valence-corrected chi connectivity index (χ1v) is 6.17. The average molecular weight is 314 g/mol. The maximum Gasteiger partial charge on any atom is 0.362 e. The molecule has 0 aliphatic rings. The second-order valence-electron chi connectivity index (χ2n) is 3.74. The van der Waals surface area contributed by atoms with Gasteiger partial charge in [-0.1, -0.05) is 11.6 Å². The largest absolute Gasteiger partial charge is 0.510 e. The van der Waals surface area contributed by atoms with Gasteiger partial charge >= 0.3 is 5.97 Å². The minimum atomic E-state index is -0.877.